The van der Waals surface area contributed by atoms with Gasteiger partial charge in [0.2, 0.25) is 0 Å². The van der Waals surface area contributed by atoms with E-state index in [9.17, 15) is 14.9 Å². The number of hydrogen-bond acceptors (Lipinski definition) is 3. The summed E-state index contributed by atoms with van der Waals surface area (Å²) in [5.74, 6) is -0.130. The van der Waals surface area contributed by atoms with Gasteiger partial charge in [-0.05, 0) is 30.0 Å². The summed E-state index contributed by atoms with van der Waals surface area (Å²) in [6.07, 6.45) is 7.23. The Balaban J connectivity index is 1.91. The van der Waals surface area contributed by atoms with E-state index in [1.807, 2.05) is 30.3 Å². The van der Waals surface area contributed by atoms with Crippen molar-refractivity contribution in [2.75, 3.05) is 0 Å². The molecule has 0 unspecified atom stereocenters. The summed E-state index contributed by atoms with van der Waals surface area (Å²) >= 11 is 0. The molecule has 0 spiro atoms. The van der Waals surface area contributed by atoms with E-state index in [0.29, 0.717) is 11.1 Å². The van der Waals surface area contributed by atoms with Crippen molar-refractivity contribution in [3.63, 3.8) is 0 Å². The lowest BCUT2D eigenvalue weighted by Crippen LogP contribution is -2.36. The van der Waals surface area contributed by atoms with Crippen LogP contribution in [0.15, 0.2) is 54.6 Å². The molecule has 0 aromatic heterocycles. The number of nitrogens with one attached hydrogen (secondary N) is 1. The number of nitrogens with zero attached hydrogens (tertiary/aromatic N) is 1. The lowest BCUT2D eigenvalue weighted by atomic mass is 9.94. The van der Waals surface area contributed by atoms with Crippen LogP contribution in [0.2, 0.25) is 0 Å². The summed E-state index contributed by atoms with van der Waals surface area (Å²) < 4.78 is 0. The van der Waals surface area contributed by atoms with Gasteiger partial charge < -0.3 is 5.32 Å². The monoisotopic (exact) mass is 350 g/mol. The SMILES string of the molecule is O=C(NC1CCCCC1)/C(=C/c1cccc([N+](=O)[O-])c1)c1ccccc1. The summed E-state index contributed by atoms with van der Waals surface area (Å²) in [5, 5.41) is 14.1. The van der Waals surface area contributed by atoms with E-state index < -0.39 is 4.92 Å². The highest BCUT2D eigenvalue weighted by Crippen LogP contribution is 2.23. The minimum absolute atomic E-state index is 0.0128. The minimum atomic E-state index is -0.429. The molecular weight excluding hydrogens is 328 g/mol. The number of rotatable bonds is 5. The number of nitro groups is 1. The minimum Gasteiger partial charge on any atom is -0.349 e. The maximum Gasteiger partial charge on any atom is 0.270 e. The van der Waals surface area contributed by atoms with Crippen molar-refractivity contribution in [3.8, 4) is 0 Å². The van der Waals surface area contributed by atoms with Gasteiger partial charge in [-0.1, -0.05) is 61.7 Å². The van der Waals surface area contributed by atoms with Gasteiger partial charge in [0.05, 0.1) is 4.92 Å². The van der Waals surface area contributed by atoms with Crippen LogP contribution >= 0.6 is 0 Å². The first-order valence-electron chi connectivity index (χ1n) is 8.96. The molecule has 0 aliphatic heterocycles. The molecule has 1 amide bonds. The van der Waals surface area contributed by atoms with E-state index >= 15 is 0 Å². The predicted molar refractivity (Wildman–Crippen MR) is 102 cm³/mol. The Kier molecular flexibility index (Phi) is 5.79. The summed E-state index contributed by atoms with van der Waals surface area (Å²) in [5.41, 5.74) is 1.97. The van der Waals surface area contributed by atoms with E-state index in [4.69, 9.17) is 0 Å². The highest BCUT2D eigenvalue weighted by atomic mass is 16.6. The fourth-order valence-electron chi connectivity index (χ4n) is 3.30. The highest BCUT2D eigenvalue weighted by Gasteiger charge is 2.19. The van der Waals surface area contributed by atoms with Crippen LogP contribution in [0, 0.1) is 10.1 Å². The molecule has 1 fully saturated rings. The lowest BCUT2D eigenvalue weighted by molar-refractivity contribution is -0.384. The molecule has 0 bridgehead atoms. The normalized spacial score (nSPS) is 15.5. The van der Waals surface area contributed by atoms with Crippen molar-refractivity contribution < 1.29 is 9.72 Å². The topological polar surface area (TPSA) is 72.2 Å². The Hall–Kier alpha value is -2.95. The van der Waals surface area contributed by atoms with Crippen molar-refractivity contribution in [1.82, 2.24) is 5.32 Å². The third-order valence-electron chi connectivity index (χ3n) is 4.66. The average molecular weight is 350 g/mol. The first-order valence-corrected chi connectivity index (χ1v) is 8.96. The predicted octanol–water partition coefficient (Wildman–Crippen LogP) is 4.58. The molecule has 2 aromatic carbocycles. The van der Waals surface area contributed by atoms with Gasteiger partial charge in [-0.25, -0.2) is 0 Å². The standard InChI is InChI=1S/C21H22N2O3/c24-21(22-18-11-5-2-6-12-18)20(17-9-3-1-4-10-17)15-16-8-7-13-19(14-16)23(25)26/h1,3-4,7-10,13-15,18H,2,5-6,11-12H2,(H,22,24)/b20-15+. The molecular formula is C21H22N2O3. The zero-order valence-corrected chi connectivity index (χ0v) is 14.6. The first kappa shape index (κ1) is 17.9. The van der Waals surface area contributed by atoms with Crippen molar-refractivity contribution in [3.05, 3.63) is 75.8 Å². The van der Waals surface area contributed by atoms with Crippen LogP contribution in [-0.2, 0) is 4.79 Å². The number of benzene rings is 2. The fourth-order valence-corrected chi connectivity index (χ4v) is 3.30. The van der Waals surface area contributed by atoms with E-state index in [-0.39, 0.29) is 17.6 Å². The van der Waals surface area contributed by atoms with Crippen LogP contribution in [0.4, 0.5) is 5.69 Å². The molecule has 1 aliphatic carbocycles. The zero-order valence-electron chi connectivity index (χ0n) is 14.6. The molecule has 26 heavy (non-hydrogen) atoms. The smallest absolute Gasteiger partial charge is 0.270 e. The largest absolute Gasteiger partial charge is 0.349 e. The second-order valence-corrected chi connectivity index (χ2v) is 6.58. The molecule has 3 rings (SSSR count). The van der Waals surface area contributed by atoms with Crippen molar-refractivity contribution in [1.29, 1.82) is 0 Å². The maximum absolute atomic E-state index is 12.9. The van der Waals surface area contributed by atoms with E-state index in [2.05, 4.69) is 5.32 Å². The molecule has 134 valence electrons. The summed E-state index contributed by atoms with van der Waals surface area (Å²) in [6.45, 7) is 0. The molecule has 5 nitrogen and oxygen atoms in total. The second-order valence-electron chi connectivity index (χ2n) is 6.58. The van der Waals surface area contributed by atoms with Gasteiger partial charge in [0.25, 0.3) is 11.6 Å². The van der Waals surface area contributed by atoms with Crippen LogP contribution in [0.25, 0.3) is 11.6 Å². The number of non-ortho nitro benzene ring substituents is 1. The van der Waals surface area contributed by atoms with Crippen molar-refractivity contribution in [2.24, 2.45) is 0 Å². The molecule has 1 saturated carbocycles. The molecule has 5 heteroatoms. The van der Waals surface area contributed by atoms with Gasteiger partial charge in [0.15, 0.2) is 0 Å². The number of carbonyl (C=O) groups excluding carboxylic acids is 1. The second kappa shape index (κ2) is 8.43. The quantitative estimate of drug-likeness (QED) is 0.371. The van der Waals surface area contributed by atoms with Gasteiger partial charge in [-0.15, -0.1) is 0 Å². The number of amides is 1. The molecule has 1 aliphatic rings. The van der Waals surface area contributed by atoms with Crippen LogP contribution in [0.5, 0.6) is 0 Å². The molecule has 0 radical (unpaired) electrons. The summed E-state index contributed by atoms with van der Waals surface area (Å²) in [6, 6.07) is 15.9. The molecule has 1 N–H and O–H groups in total. The van der Waals surface area contributed by atoms with Gasteiger partial charge >= 0.3 is 0 Å². The molecule has 2 aromatic rings. The molecule has 0 saturated heterocycles. The first-order chi connectivity index (χ1) is 12.6. The van der Waals surface area contributed by atoms with E-state index in [1.165, 1.54) is 18.6 Å². The molecule has 0 atom stereocenters. The number of hydrogen-bond donors (Lipinski definition) is 1. The molecule has 0 heterocycles. The summed E-state index contributed by atoms with van der Waals surface area (Å²) in [7, 11) is 0. The Labute approximate surface area is 152 Å². The Morgan fingerprint density at radius 3 is 2.46 bits per heavy atom. The Morgan fingerprint density at radius 1 is 1.04 bits per heavy atom. The highest BCUT2D eigenvalue weighted by molar-refractivity contribution is 6.24. The third kappa shape index (κ3) is 4.57. The van der Waals surface area contributed by atoms with Gasteiger partial charge in [-0.2, -0.15) is 0 Å². The van der Waals surface area contributed by atoms with Crippen LogP contribution in [-0.4, -0.2) is 16.9 Å². The van der Waals surface area contributed by atoms with Crippen LogP contribution < -0.4 is 5.32 Å². The van der Waals surface area contributed by atoms with E-state index in [1.54, 1.807) is 18.2 Å². The Morgan fingerprint density at radius 2 is 1.77 bits per heavy atom. The van der Waals surface area contributed by atoms with Crippen molar-refractivity contribution in [2.45, 2.75) is 38.1 Å². The zero-order chi connectivity index (χ0) is 18.4. The van der Waals surface area contributed by atoms with Gasteiger partial charge in [-0.3, -0.25) is 14.9 Å². The van der Waals surface area contributed by atoms with E-state index in [0.717, 1.165) is 31.2 Å². The average Bonchev–Trinajstić information content (AvgIpc) is 2.67. The van der Waals surface area contributed by atoms with Crippen molar-refractivity contribution >= 4 is 23.2 Å². The lowest BCUT2D eigenvalue weighted by Gasteiger charge is -2.23. The van der Waals surface area contributed by atoms with Crippen LogP contribution in [0.3, 0.4) is 0 Å². The van der Waals surface area contributed by atoms with Gasteiger partial charge in [0, 0.05) is 23.7 Å². The Bertz CT molecular complexity index is 809. The summed E-state index contributed by atoms with van der Waals surface area (Å²) in [4.78, 5) is 23.5. The fraction of sp³-hybridized carbons (Fsp3) is 0.286. The maximum atomic E-state index is 12.9. The van der Waals surface area contributed by atoms with Crippen LogP contribution in [0.1, 0.15) is 43.2 Å². The number of nitro benzene ring substituents is 1. The number of carbonyl (C=O) groups is 1. The third-order valence-corrected chi connectivity index (χ3v) is 4.66. The van der Waals surface area contributed by atoms with Gasteiger partial charge in [0.1, 0.15) is 0 Å².